The van der Waals surface area contributed by atoms with E-state index in [2.05, 4.69) is 9.97 Å². The van der Waals surface area contributed by atoms with Gasteiger partial charge in [-0.25, -0.2) is 14.4 Å². The highest BCUT2D eigenvalue weighted by Crippen LogP contribution is 2.29. The van der Waals surface area contributed by atoms with Gasteiger partial charge < -0.3 is 4.74 Å². The molecule has 0 spiro atoms. The maximum Gasteiger partial charge on any atom is 0.258 e. The molecule has 5 heteroatoms. The van der Waals surface area contributed by atoms with Gasteiger partial charge in [0.15, 0.2) is 16.7 Å². The molecule has 94 valence electrons. The molecule has 0 unspecified atom stereocenters. The summed E-state index contributed by atoms with van der Waals surface area (Å²) >= 11 is 5.92. The molecule has 1 aromatic heterocycles. The van der Waals surface area contributed by atoms with Crippen LogP contribution in [-0.4, -0.2) is 9.97 Å². The lowest BCUT2D eigenvalue weighted by atomic mass is 10.2. The van der Waals surface area contributed by atoms with Crippen molar-refractivity contribution in [2.75, 3.05) is 0 Å². The highest BCUT2D eigenvalue weighted by molar-refractivity contribution is 6.30. The van der Waals surface area contributed by atoms with Gasteiger partial charge in [-0.15, -0.1) is 0 Å². The summed E-state index contributed by atoms with van der Waals surface area (Å²) in [5, 5.41) is 0.124. The van der Waals surface area contributed by atoms with E-state index >= 15 is 0 Å². The molecule has 18 heavy (non-hydrogen) atoms. The highest BCUT2D eigenvalue weighted by atomic mass is 35.5. The van der Waals surface area contributed by atoms with Crippen molar-refractivity contribution in [2.45, 2.75) is 20.8 Å². The molecule has 1 heterocycles. The SMILES string of the molecule is Cc1cccc(Oc2nc(C)c(C)nc2Cl)c1F. The fourth-order valence-electron chi connectivity index (χ4n) is 1.42. The van der Waals surface area contributed by atoms with Gasteiger partial charge in [0.1, 0.15) is 0 Å². The minimum absolute atomic E-state index is 0.0921. The second-order valence-corrected chi connectivity index (χ2v) is 4.34. The Balaban J connectivity index is 2.40. The molecule has 0 aliphatic heterocycles. The number of hydrogen-bond donors (Lipinski definition) is 0. The van der Waals surface area contributed by atoms with Crippen LogP contribution in [0.3, 0.4) is 0 Å². The van der Waals surface area contributed by atoms with Gasteiger partial charge in [0.2, 0.25) is 0 Å². The Hall–Kier alpha value is -1.68. The van der Waals surface area contributed by atoms with E-state index < -0.39 is 5.82 Å². The second kappa shape index (κ2) is 4.90. The summed E-state index contributed by atoms with van der Waals surface area (Å²) < 4.78 is 19.2. The minimum atomic E-state index is -0.423. The number of benzene rings is 1. The van der Waals surface area contributed by atoms with E-state index in [1.165, 1.54) is 6.07 Å². The lowest BCUT2D eigenvalue weighted by Gasteiger charge is -2.09. The van der Waals surface area contributed by atoms with Gasteiger partial charge in [0, 0.05) is 0 Å². The summed E-state index contributed by atoms with van der Waals surface area (Å²) in [6.45, 7) is 5.25. The Morgan fingerprint density at radius 1 is 1.11 bits per heavy atom. The summed E-state index contributed by atoms with van der Waals surface area (Å²) in [7, 11) is 0. The first-order valence-corrected chi connectivity index (χ1v) is 5.80. The minimum Gasteiger partial charge on any atom is -0.433 e. The smallest absolute Gasteiger partial charge is 0.258 e. The van der Waals surface area contributed by atoms with Crippen molar-refractivity contribution < 1.29 is 9.13 Å². The third kappa shape index (κ3) is 2.43. The van der Waals surface area contributed by atoms with Crippen molar-refractivity contribution in [3.8, 4) is 11.6 Å². The molecule has 0 atom stereocenters. The number of hydrogen-bond acceptors (Lipinski definition) is 3. The van der Waals surface area contributed by atoms with Crippen molar-refractivity contribution in [1.82, 2.24) is 9.97 Å². The number of ether oxygens (including phenoxy) is 1. The van der Waals surface area contributed by atoms with Gasteiger partial charge >= 0.3 is 0 Å². The largest absolute Gasteiger partial charge is 0.433 e. The molecular formula is C13H12ClFN2O. The normalized spacial score (nSPS) is 10.5. The fraction of sp³-hybridized carbons (Fsp3) is 0.231. The van der Waals surface area contributed by atoms with Crippen molar-refractivity contribution in [1.29, 1.82) is 0 Å². The maximum absolute atomic E-state index is 13.8. The predicted octanol–water partition coefficient (Wildman–Crippen LogP) is 3.99. The summed E-state index contributed by atoms with van der Waals surface area (Å²) in [6, 6.07) is 4.89. The summed E-state index contributed by atoms with van der Waals surface area (Å²) in [6.07, 6.45) is 0. The molecule has 0 radical (unpaired) electrons. The summed E-state index contributed by atoms with van der Waals surface area (Å²) in [5.74, 6) is -0.215. The van der Waals surface area contributed by atoms with Crippen molar-refractivity contribution in [2.24, 2.45) is 0 Å². The Morgan fingerprint density at radius 3 is 2.50 bits per heavy atom. The number of rotatable bonds is 2. The van der Waals surface area contributed by atoms with E-state index in [9.17, 15) is 4.39 Å². The van der Waals surface area contributed by atoms with Gasteiger partial charge in [-0.05, 0) is 32.4 Å². The van der Waals surface area contributed by atoms with E-state index in [4.69, 9.17) is 16.3 Å². The van der Waals surface area contributed by atoms with Crippen LogP contribution in [0.25, 0.3) is 0 Å². The first-order chi connectivity index (χ1) is 8.49. The first-order valence-electron chi connectivity index (χ1n) is 5.42. The number of halogens is 2. The van der Waals surface area contributed by atoms with E-state index in [0.717, 1.165) is 5.69 Å². The van der Waals surface area contributed by atoms with E-state index in [0.29, 0.717) is 11.3 Å². The lowest BCUT2D eigenvalue weighted by Crippen LogP contribution is -1.99. The lowest BCUT2D eigenvalue weighted by molar-refractivity contribution is 0.422. The van der Waals surface area contributed by atoms with E-state index in [1.54, 1.807) is 32.9 Å². The molecular weight excluding hydrogens is 255 g/mol. The molecule has 2 aromatic rings. The van der Waals surface area contributed by atoms with Gasteiger partial charge in [-0.3, -0.25) is 0 Å². The third-order valence-electron chi connectivity index (χ3n) is 2.60. The van der Waals surface area contributed by atoms with Crippen LogP contribution < -0.4 is 4.74 Å². The van der Waals surface area contributed by atoms with Crippen LogP contribution in [0.2, 0.25) is 5.15 Å². The first kappa shape index (κ1) is 12.8. The monoisotopic (exact) mass is 266 g/mol. The average molecular weight is 267 g/mol. The quantitative estimate of drug-likeness (QED) is 0.824. The van der Waals surface area contributed by atoms with Gasteiger partial charge in [0.05, 0.1) is 11.4 Å². The van der Waals surface area contributed by atoms with Crippen LogP contribution in [0.1, 0.15) is 17.0 Å². The molecule has 1 aromatic carbocycles. The Kier molecular flexibility index (Phi) is 3.48. The van der Waals surface area contributed by atoms with Crippen LogP contribution in [0.4, 0.5) is 4.39 Å². The zero-order valence-electron chi connectivity index (χ0n) is 10.3. The molecule has 0 bridgehead atoms. The van der Waals surface area contributed by atoms with Crippen molar-refractivity contribution in [3.63, 3.8) is 0 Å². The fourth-order valence-corrected chi connectivity index (χ4v) is 1.63. The Morgan fingerprint density at radius 2 is 1.78 bits per heavy atom. The standard InChI is InChI=1S/C13H12ClFN2O/c1-7-5-4-6-10(11(7)15)18-13-12(14)16-8(2)9(3)17-13/h4-6H,1-3H3. The average Bonchev–Trinajstić information content (AvgIpc) is 2.32. The highest BCUT2D eigenvalue weighted by Gasteiger charge is 2.13. The van der Waals surface area contributed by atoms with Gasteiger partial charge in [-0.1, -0.05) is 23.7 Å². The molecule has 0 fully saturated rings. The molecule has 0 saturated heterocycles. The zero-order valence-corrected chi connectivity index (χ0v) is 11.0. The Labute approximate surface area is 110 Å². The molecule has 3 nitrogen and oxygen atoms in total. The maximum atomic E-state index is 13.8. The zero-order chi connectivity index (χ0) is 13.3. The van der Waals surface area contributed by atoms with Crippen LogP contribution in [0, 0.1) is 26.6 Å². The summed E-state index contributed by atoms with van der Waals surface area (Å²) in [5.41, 5.74) is 1.92. The Bertz CT molecular complexity index is 602. The van der Waals surface area contributed by atoms with Crippen LogP contribution in [0.5, 0.6) is 11.6 Å². The number of aryl methyl sites for hydroxylation is 3. The van der Waals surface area contributed by atoms with Crippen molar-refractivity contribution in [3.05, 3.63) is 46.1 Å². The van der Waals surface area contributed by atoms with Crippen molar-refractivity contribution >= 4 is 11.6 Å². The second-order valence-electron chi connectivity index (χ2n) is 3.98. The molecule has 0 saturated carbocycles. The molecule has 0 amide bonds. The van der Waals surface area contributed by atoms with E-state index in [1.807, 2.05) is 0 Å². The molecule has 0 aliphatic carbocycles. The molecule has 0 N–H and O–H groups in total. The topological polar surface area (TPSA) is 35.0 Å². The van der Waals surface area contributed by atoms with E-state index in [-0.39, 0.29) is 16.8 Å². The van der Waals surface area contributed by atoms with Gasteiger partial charge in [0.25, 0.3) is 5.88 Å². The third-order valence-corrected chi connectivity index (χ3v) is 2.84. The number of nitrogens with zero attached hydrogens (tertiary/aromatic N) is 2. The summed E-state index contributed by atoms with van der Waals surface area (Å²) in [4.78, 5) is 8.23. The van der Waals surface area contributed by atoms with Crippen LogP contribution >= 0.6 is 11.6 Å². The molecule has 2 rings (SSSR count). The van der Waals surface area contributed by atoms with Crippen LogP contribution in [0.15, 0.2) is 18.2 Å². The number of aromatic nitrogens is 2. The molecule has 0 aliphatic rings. The predicted molar refractivity (Wildman–Crippen MR) is 67.7 cm³/mol. The van der Waals surface area contributed by atoms with Gasteiger partial charge in [-0.2, -0.15) is 0 Å². The van der Waals surface area contributed by atoms with Crippen LogP contribution in [-0.2, 0) is 0 Å².